The van der Waals surface area contributed by atoms with E-state index in [1.165, 1.54) is 0 Å². The van der Waals surface area contributed by atoms with Crippen LogP contribution in [0, 0.1) is 0 Å². The Morgan fingerprint density at radius 3 is 2.70 bits per heavy atom. The molecule has 0 aliphatic carbocycles. The summed E-state index contributed by atoms with van der Waals surface area (Å²) in [5, 5.41) is 1.76. The lowest BCUT2D eigenvalue weighted by atomic mass is 10.4. The lowest BCUT2D eigenvalue weighted by Crippen LogP contribution is -2.16. The minimum atomic E-state index is 0.268. The molecule has 0 fully saturated rings. The summed E-state index contributed by atoms with van der Waals surface area (Å²) in [6.07, 6.45) is 0. The Balaban J connectivity index is 2.81. The zero-order valence-corrected chi connectivity index (χ0v) is 7.85. The van der Waals surface area contributed by atoms with Gasteiger partial charge in [-0.05, 0) is 11.3 Å². The van der Waals surface area contributed by atoms with Crippen molar-refractivity contribution in [3.05, 3.63) is 29.3 Å². The molecule has 0 bridgehead atoms. The van der Waals surface area contributed by atoms with Crippen LogP contribution >= 0.6 is 11.6 Å². The van der Waals surface area contributed by atoms with E-state index in [4.69, 9.17) is 15.7 Å². The molecule has 1 rings (SSSR count). The summed E-state index contributed by atoms with van der Waals surface area (Å²) < 4.78 is 4.76. The fourth-order valence-electron chi connectivity index (χ4n) is 0.599. The maximum atomic E-state index is 5.81. The Morgan fingerprint density at radius 2 is 2.10 bits per heavy atom. The summed E-state index contributed by atoms with van der Waals surface area (Å²) in [6, 6.07) is 7.60. The van der Waals surface area contributed by atoms with Crippen LogP contribution in [-0.2, 0) is 4.12 Å². The molecule has 4 heteroatoms. The fraction of sp³-hybridized carbons (Fsp3) is 0. The Hall–Kier alpha value is -0.0962. The highest BCUT2D eigenvalue weighted by Crippen LogP contribution is 2.01. The van der Waals surface area contributed by atoms with Crippen LogP contribution in [0.2, 0.25) is 5.02 Å². The van der Waals surface area contributed by atoms with Gasteiger partial charge in [0.15, 0.2) is 0 Å². The second kappa shape index (κ2) is 3.93. The van der Waals surface area contributed by atoms with Gasteiger partial charge in [0.05, 0.1) is 0 Å². The molecule has 0 N–H and O–H groups in total. The highest BCUT2D eigenvalue weighted by molar-refractivity contribution is 6.56. The molecule has 0 saturated carbocycles. The van der Waals surface area contributed by atoms with Crippen molar-refractivity contribution in [3.63, 3.8) is 0 Å². The molecular weight excluding hydrogens is 180 g/mol. The van der Waals surface area contributed by atoms with Gasteiger partial charge in [-0.3, -0.25) is 0 Å². The molecule has 1 nitrogen and oxygen atoms in total. The molecule has 0 aliphatic heterocycles. The van der Waals surface area contributed by atoms with Crippen LogP contribution in [0.5, 0.6) is 0 Å². The van der Waals surface area contributed by atoms with Crippen LogP contribution in [0.1, 0.15) is 0 Å². The first-order valence-corrected chi connectivity index (χ1v) is 4.37. The molecular formula is C6H4ClOSi2. The van der Waals surface area contributed by atoms with Crippen LogP contribution in [0.15, 0.2) is 24.3 Å². The van der Waals surface area contributed by atoms with Gasteiger partial charge in [0.1, 0.15) is 0 Å². The summed E-state index contributed by atoms with van der Waals surface area (Å²) >= 11 is 5.81. The predicted octanol–water partition coefficient (Wildman–Crippen LogP) is 0.685. The van der Waals surface area contributed by atoms with Crippen molar-refractivity contribution in [1.29, 1.82) is 0 Å². The average Bonchev–Trinajstić information content (AvgIpc) is 1.94. The first-order valence-electron chi connectivity index (χ1n) is 2.67. The first kappa shape index (κ1) is 8.00. The van der Waals surface area contributed by atoms with Gasteiger partial charge < -0.3 is 4.12 Å². The van der Waals surface area contributed by atoms with E-state index in [1.54, 1.807) is 0 Å². The summed E-state index contributed by atoms with van der Waals surface area (Å²) in [5.41, 5.74) is 0. The van der Waals surface area contributed by atoms with Gasteiger partial charge in [0.25, 0.3) is 9.76 Å². The Bertz CT molecular complexity index is 217. The van der Waals surface area contributed by atoms with E-state index < -0.39 is 0 Å². The monoisotopic (exact) mass is 183 g/mol. The predicted molar refractivity (Wildman–Crippen MR) is 43.7 cm³/mol. The quantitative estimate of drug-likeness (QED) is 0.613. The number of hydrogen-bond donors (Lipinski definition) is 0. The van der Waals surface area contributed by atoms with Gasteiger partial charge >= 0.3 is 0 Å². The summed E-state index contributed by atoms with van der Waals surface area (Å²) in [6.45, 7) is 0. The van der Waals surface area contributed by atoms with E-state index in [-0.39, 0.29) is 9.76 Å². The van der Waals surface area contributed by atoms with Crippen molar-refractivity contribution in [3.8, 4) is 0 Å². The van der Waals surface area contributed by atoms with E-state index in [1.807, 2.05) is 24.3 Å². The van der Waals surface area contributed by atoms with Crippen molar-refractivity contribution < 1.29 is 4.12 Å². The Labute approximate surface area is 70.8 Å². The lowest BCUT2D eigenvalue weighted by Gasteiger charge is -1.97. The normalized spacial score (nSPS) is 9.80. The zero-order valence-electron chi connectivity index (χ0n) is 5.10. The molecule has 0 atom stereocenters. The van der Waals surface area contributed by atoms with E-state index in [0.717, 1.165) is 10.2 Å². The molecule has 0 spiro atoms. The molecule has 0 heterocycles. The second-order valence-electron chi connectivity index (χ2n) is 1.68. The molecule has 49 valence electrons. The molecule has 0 aliphatic rings. The smallest absolute Gasteiger partial charge is 0.258 e. The minimum absolute atomic E-state index is 0.268. The SMILES string of the molecule is [Si]O[Si]c1ccccc1Cl. The fourth-order valence-corrected chi connectivity index (χ4v) is 1.64. The number of halogens is 1. The molecule has 0 unspecified atom stereocenters. The van der Waals surface area contributed by atoms with Crippen molar-refractivity contribution in [1.82, 2.24) is 0 Å². The standard InChI is InChI=1S/C6H4ClOSi2/c7-5-3-1-2-4-6(5)10-8-9/h1-4H. The molecule has 1 aromatic rings. The third-order valence-electron chi connectivity index (χ3n) is 1.03. The van der Waals surface area contributed by atoms with Crippen LogP contribution in [0.25, 0.3) is 0 Å². The third kappa shape index (κ3) is 1.95. The van der Waals surface area contributed by atoms with Crippen molar-refractivity contribution in [2.75, 3.05) is 0 Å². The van der Waals surface area contributed by atoms with Crippen LogP contribution in [-0.4, -0.2) is 20.2 Å². The molecule has 5 radical (unpaired) electrons. The van der Waals surface area contributed by atoms with Crippen molar-refractivity contribution in [2.24, 2.45) is 0 Å². The minimum Gasteiger partial charge on any atom is -0.454 e. The first-order chi connectivity index (χ1) is 4.84. The number of hydrogen-bond acceptors (Lipinski definition) is 1. The molecule has 1 aromatic carbocycles. The maximum absolute atomic E-state index is 5.81. The van der Waals surface area contributed by atoms with E-state index >= 15 is 0 Å². The van der Waals surface area contributed by atoms with Gasteiger partial charge in [-0.1, -0.05) is 29.8 Å². The highest BCUT2D eigenvalue weighted by atomic mass is 35.5. The summed E-state index contributed by atoms with van der Waals surface area (Å²) in [4.78, 5) is 0. The number of benzene rings is 1. The van der Waals surface area contributed by atoms with Crippen LogP contribution in [0.3, 0.4) is 0 Å². The summed E-state index contributed by atoms with van der Waals surface area (Å²) in [5.74, 6) is 0. The van der Waals surface area contributed by atoms with Gasteiger partial charge in [-0.15, -0.1) is 0 Å². The van der Waals surface area contributed by atoms with Gasteiger partial charge in [-0.2, -0.15) is 0 Å². The summed E-state index contributed by atoms with van der Waals surface area (Å²) in [7, 11) is 3.19. The average molecular weight is 184 g/mol. The molecule has 0 aromatic heterocycles. The highest BCUT2D eigenvalue weighted by Gasteiger charge is 1.97. The third-order valence-corrected chi connectivity index (χ3v) is 2.59. The van der Waals surface area contributed by atoms with Crippen molar-refractivity contribution in [2.45, 2.75) is 0 Å². The number of rotatable bonds is 2. The Morgan fingerprint density at radius 1 is 1.40 bits per heavy atom. The topological polar surface area (TPSA) is 9.23 Å². The van der Waals surface area contributed by atoms with Gasteiger partial charge in [-0.25, -0.2) is 0 Å². The Kier molecular flexibility index (Phi) is 3.14. The molecule has 10 heavy (non-hydrogen) atoms. The second-order valence-corrected chi connectivity index (χ2v) is 3.65. The van der Waals surface area contributed by atoms with Crippen molar-refractivity contribution >= 4 is 37.0 Å². The lowest BCUT2D eigenvalue weighted by molar-refractivity contribution is 0.676. The molecule has 0 saturated heterocycles. The van der Waals surface area contributed by atoms with E-state index in [2.05, 4.69) is 10.5 Å². The molecule has 0 amide bonds. The van der Waals surface area contributed by atoms with Gasteiger partial charge in [0, 0.05) is 5.02 Å². The largest absolute Gasteiger partial charge is 0.454 e. The van der Waals surface area contributed by atoms with Gasteiger partial charge in [0.2, 0.25) is 10.5 Å². The van der Waals surface area contributed by atoms with Crippen LogP contribution in [0.4, 0.5) is 0 Å². The maximum Gasteiger partial charge on any atom is 0.258 e. The van der Waals surface area contributed by atoms with Crippen LogP contribution < -0.4 is 5.19 Å². The van der Waals surface area contributed by atoms with E-state index in [0.29, 0.717) is 0 Å². The van der Waals surface area contributed by atoms with E-state index in [9.17, 15) is 0 Å². The zero-order chi connectivity index (χ0) is 7.40.